The van der Waals surface area contributed by atoms with Gasteiger partial charge in [0.15, 0.2) is 0 Å². The highest BCUT2D eigenvalue weighted by Crippen LogP contribution is 2.35. The molecule has 1 amide bonds. The van der Waals surface area contributed by atoms with E-state index in [2.05, 4.69) is 30.6 Å². The predicted octanol–water partition coefficient (Wildman–Crippen LogP) is 1.48. The molecule has 86 valence electrons. The molecule has 2 fully saturated rings. The van der Waals surface area contributed by atoms with Crippen molar-refractivity contribution in [3.63, 3.8) is 0 Å². The molecule has 0 radical (unpaired) electrons. The Morgan fingerprint density at radius 2 is 1.93 bits per heavy atom. The van der Waals surface area contributed by atoms with Gasteiger partial charge >= 0.3 is 0 Å². The molecule has 2 heterocycles. The quantitative estimate of drug-likeness (QED) is 0.654. The Labute approximate surface area is 92.4 Å². The predicted molar refractivity (Wildman–Crippen MR) is 60.7 cm³/mol. The van der Waals surface area contributed by atoms with Crippen molar-refractivity contribution < 1.29 is 4.79 Å². The number of carbonyl (C=O) groups is 1. The molecule has 0 aromatic rings. The zero-order chi connectivity index (χ0) is 11.2. The summed E-state index contributed by atoms with van der Waals surface area (Å²) in [4.78, 5) is 16.3. The van der Waals surface area contributed by atoms with Crippen LogP contribution in [0.15, 0.2) is 0 Å². The maximum atomic E-state index is 11.7. The van der Waals surface area contributed by atoms with E-state index in [1.807, 2.05) is 6.92 Å². The van der Waals surface area contributed by atoms with Crippen molar-refractivity contribution >= 4 is 5.91 Å². The molecule has 3 heteroatoms. The monoisotopic (exact) mass is 210 g/mol. The first-order chi connectivity index (χ1) is 6.93. The highest BCUT2D eigenvalue weighted by Gasteiger charge is 2.47. The summed E-state index contributed by atoms with van der Waals surface area (Å²) in [6.45, 7) is 10.8. The van der Waals surface area contributed by atoms with E-state index in [1.165, 1.54) is 6.42 Å². The van der Waals surface area contributed by atoms with Crippen LogP contribution in [0, 0.1) is 0 Å². The fraction of sp³-hybridized carbons (Fsp3) is 0.917. The Hall–Kier alpha value is -0.570. The van der Waals surface area contributed by atoms with Crippen molar-refractivity contribution in [2.45, 2.75) is 58.2 Å². The average Bonchev–Trinajstić information content (AvgIpc) is 2.73. The van der Waals surface area contributed by atoms with Crippen molar-refractivity contribution in [1.82, 2.24) is 9.80 Å². The first-order valence-corrected chi connectivity index (χ1v) is 5.99. The third kappa shape index (κ3) is 1.78. The number of likely N-dealkylation sites (tertiary alicyclic amines) is 2. The smallest absolute Gasteiger partial charge is 0.222 e. The van der Waals surface area contributed by atoms with Crippen molar-refractivity contribution in [3.05, 3.63) is 0 Å². The highest BCUT2D eigenvalue weighted by molar-refractivity contribution is 5.76. The number of carbonyl (C=O) groups excluding carboxylic acids is 1. The van der Waals surface area contributed by atoms with Crippen LogP contribution in [0.5, 0.6) is 0 Å². The minimum Gasteiger partial charge on any atom is -0.337 e. The Morgan fingerprint density at radius 1 is 1.27 bits per heavy atom. The van der Waals surface area contributed by atoms with Crippen LogP contribution in [0.3, 0.4) is 0 Å². The van der Waals surface area contributed by atoms with E-state index in [0.717, 1.165) is 13.1 Å². The van der Waals surface area contributed by atoms with Gasteiger partial charge in [0, 0.05) is 37.1 Å². The minimum atomic E-state index is 0.251. The Bertz CT molecular complexity index is 269. The van der Waals surface area contributed by atoms with Crippen LogP contribution in [-0.2, 0) is 4.79 Å². The number of amides is 1. The molecular weight excluding hydrogens is 188 g/mol. The summed E-state index contributed by atoms with van der Waals surface area (Å²) in [5, 5.41) is 0. The van der Waals surface area contributed by atoms with Crippen LogP contribution in [0.1, 0.15) is 40.5 Å². The van der Waals surface area contributed by atoms with Crippen molar-refractivity contribution in [3.8, 4) is 0 Å². The van der Waals surface area contributed by atoms with E-state index in [9.17, 15) is 4.79 Å². The highest BCUT2D eigenvalue weighted by atomic mass is 16.2. The van der Waals surface area contributed by atoms with Crippen LogP contribution in [0.4, 0.5) is 0 Å². The van der Waals surface area contributed by atoms with Gasteiger partial charge in [-0.3, -0.25) is 9.69 Å². The second-order valence-corrected chi connectivity index (χ2v) is 5.77. The molecule has 2 aliphatic rings. The second-order valence-electron chi connectivity index (χ2n) is 5.77. The van der Waals surface area contributed by atoms with Crippen molar-refractivity contribution in [1.29, 1.82) is 0 Å². The van der Waals surface area contributed by atoms with E-state index in [-0.39, 0.29) is 5.54 Å². The van der Waals surface area contributed by atoms with Gasteiger partial charge in [0.05, 0.1) is 0 Å². The lowest BCUT2D eigenvalue weighted by Gasteiger charge is -2.42. The summed E-state index contributed by atoms with van der Waals surface area (Å²) in [5.41, 5.74) is 0.251. The molecule has 2 bridgehead atoms. The number of hydrogen-bond acceptors (Lipinski definition) is 2. The normalized spacial score (nSPS) is 31.3. The second kappa shape index (κ2) is 3.48. The summed E-state index contributed by atoms with van der Waals surface area (Å²) in [6, 6.07) is 1.09. The van der Waals surface area contributed by atoms with Gasteiger partial charge in [-0.05, 0) is 27.2 Å². The van der Waals surface area contributed by atoms with Crippen LogP contribution in [-0.4, -0.2) is 46.4 Å². The molecule has 3 nitrogen and oxygen atoms in total. The van der Waals surface area contributed by atoms with Gasteiger partial charge < -0.3 is 4.90 Å². The van der Waals surface area contributed by atoms with E-state index >= 15 is 0 Å². The Kier molecular flexibility index (Phi) is 2.53. The average molecular weight is 210 g/mol. The van der Waals surface area contributed by atoms with Gasteiger partial charge in [-0.25, -0.2) is 0 Å². The molecule has 15 heavy (non-hydrogen) atoms. The molecule has 0 aromatic heterocycles. The zero-order valence-corrected chi connectivity index (χ0v) is 10.3. The SMILES string of the molecule is CCC(=O)N1C[C@@H]2C[C@H]1CN2C(C)(C)C. The largest absolute Gasteiger partial charge is 0.337 e. The fourth-order valence-electron chi connectivity index (χ4n) is 3.00. The summed E-state index contributed by atoms with van der Waals surface area (Å²) in [7, 11) is 0. The third-order valence-corrected chi connectivity index (χ3v) is 3.73. The molecule has 0 aromatic carbocycles. The number of piperazine rings is 1. The number of hydrogen-bond donors (Lipinski definition) is 0. The van der Waals surface area contributed by atoms with Gasteiger partial charge in [-0.15, -0.1) is 0 Å². The van der Waals surface area contributed by atoms with Gasteiger partial charge in [-0.2, -0.15) is 0 Å². The van der Waals surface area contributed by atoms with Crippen LogP contribution >= 0.6 is 0 Å². The lowest BCUT2D eigenvalue weighted by molar-refractivity contribution is -0.133. The molecular formula is C12H22N2O. The maximum Gasteiger partial charge on any atom is 0.222 e. The summed E-state index contributed by atoms with van der Waals surface area (Å²) in [6.07, 6.45) is 1.84. The molecule has 0 unspecified atom stereocenters. The topological polar surface area (TPSA) is 23.6 Å². The molecule has 0 spiro atoms. The van der Waals surface area contributed by atoms with Gasteiger partial charge in [-0.1, -0.05) is 6.92 Å². The van der Waals surface area contributed by atoms with Gasteiger partial charge in [0.25, 0.3) is 0 Å². The lowest BCUT2D eigenvalue weighted by Crippen LogP contribution is -2.54. The molecule has 2 rings (SSSR count). The third-order valence-electron chi connectivity index (χ3n) is 3.73. The van der Waals surface area contributed by atoms with Crippen molar-refractivity contribution in [2.75, 3.05) is 13.1 Å². The van der Waals surface area contributed by atoms with Crippen LogP contribution in [0.25, 0.3) is 0 Å². The van der Waals surface area contributed by atoms with Crippen LogP contribution < -0.4 is 0 Å². The maximum absolute atomic E-state index is 11.7. The van der Waals surface area contributed by atoms with E-state index in [0.29, 0.717) is 24.4 Å². The first kappa shape index (κ1) is 10.9. The van der Waals surface area contributed by atoms with E-state index < -0.39 is 0 Å². The molecule has 0 N–H and O–H groups in total. The molecule has 0 aliphatic carbocycles. The molecule has 2 aliphatic heterocycles. The minimum absolute atomic E-state index is 0.251. The Balaban J connectivity index is 2.03. The Morgan fingerprint density at radius 3 is 2.33 bits per heavy atom. The fourth-order valence-corrected chi connectivity index (χ4v) is 3.00. The van der Waals surface area contributed by atoms with Crippen LogP contribution in [0.2, 0.25) is 0 Å². The van der Waals surface area contributed by atoms with Gasteiger partial charge in [0.1, 0.15) is 0 Å². The van der Waals surface area contributed by atoms with Gasteiger partial charge in [0.2, 0.25) is 5.91 Å². The number of fused-ring (bicyclic) bond motifs is 2. The zero-order valence-electron chi connectivity index (χ0n) is 10.3. The summed E-state index contributed by atoms with van der Waals surface area (Å²) < 4.78 is 0. The lowest BCUT2D eigenvalue weighted by atomic mass is 10.0. The summed E-state index contributed by atoms with van der Waals surface area (Å²) in [5.74, 6) is 0.330. The van der Waals surface area contributed by atoms with Crippen molar-refractivity contribution in [2.24, 2.45) is 0 Å². The molecule has 2 saturated heterocycles. The first-order valence-electron chi connectivity index (χ1n) is 5.99. The molecule has 0 saturated carbocycles. The number of nitrogens with zero attached hydrogens (tertiary/aromatic N) is 2. The molecule has 2 atom stereocenters. The summed E-state index contributed by atoms with van der Waals surface area (Å²) >= 11 is 0. The van der Waals surface area contributed by atoms with E-state index in [4.69, 9.17) is 0 Å². The standard InChI is InChI=1S/C12H22N2O/c1-5-11(15)13-7-10-6-9(13)8-14(10)12(2,3)4/h9-10H,5-8H2,1-4H3/t9-,10-/m0/s1. The van der Waals surface area contributed by atoms with E-state index in [1.54, 1.807) is 0 Å². The number of rotatable bonds is 1.